The normalized spacial score (nSPS) is 14.3. The van der Waals surface area contributed by atoms with Crippen LogP contribution in [0.25, 0.3) is 16.7 Å². The lowest BCUT2D eigenvalue weighted by molar-refractivity contribution is 0.0779. The summed E-state index contributed by atoms with van der Waals surface area (Å²) in [5.41, 5.74) is 5.00. The van der Waals surface area contributed by atoms with Crippen molar-refractivity contribution in [2.75, 3.05) is 58.3 Å². The number of hydrogen-bond acceptors (Lipinski definition) is 8. The minimum Gasteiger partial charge on any atom is -0.496 e. The van der Waals surface area contributed by atoms with E-state index in [1.54, 1.807) is 30.1 Å². The quantitative estimate of drug-likeness (QED) is 0.158. The van der Waals surface area contributed by atoms with E-state index in [0.29, 0.717) is 30.1 Å². The molecule has 0 N–H and O–H groups in total. The lowest BCUT2D eigenvalue weighted by Gasteiger charge is -2.28. The van der Waals surface area contributed by atoms with Gasteiger partial charge in [0, 0.05) is 39.1 Å². The van der Waals surface area contributed by atoms with Gasteiger partial charge >= 0.3 is 0 Å². The number of benzene rings is 4. The fraction of sp³-hybridized carbons (Fsp3) is 0.308. The molecule has 3 heterocycles. The molecule has 0 saturated carbocycles. The number of fused-ring (bicyclic) bond motifs is 1. The zero-order valence-corrected chi connectivity index (χ0v) is 29.3. The second kappa shape index (κ2) is 15.7. The van der Waals surface area contributed by atoms with Crippen molar-refractivity contribution in [2.24, 2.45) is 0 Å². The molecule has 1 aliphatic heterocycles. The molecular formula is C39H41F2N9O2. The summed E-state index contributed by atoms with van der Waals surface area (Å²) in [5, 5.41) is 11.4. The summed E-state index contributed by atoms with van der Waals surface area (Å²) >= 11 is 0. The number of amides is 1. The number of carbonyl (C=O) groups excluding carboxylic acids is 1. The SMILES string of the molecule is COc1ccc(-n2cnnn2)cc1C(=O)N(C)CC(CCN1CCCN(c2nc3ccccc3n2Cc2ccc(F)cc2)CC1)c1ccc(F)cc1. The topological polar surface area (TPSA) is 97.4 Å². The van der Waals surface area contributed by atoms with E-state index in [2.05, 4.69) is 36.0 Å². The fourth-order valence-corrected chi connectivity index (χ4v) is 6.97. The van der Waals surface area contributed by atoms with Crippen LogP contribution in [0.4, 0.5) is 14.7 Å². The molecule has 1 amide bonds. The van der Waals surface area contributed by atoms with Gasteiger partial charge in [-0.3, -0.25) is 4.79 Å². The molecule has 4 aromatic carbocycles. The van der Waals surface area contributed by atoms with Crippen molar-refractivity contribution < 1.29 is 18.3 Å². The standard InChI is InChI=1S/C39H41F2N9O2/c1-46(38(51)34-24-33(16-17-37(34)52-2)50-27-42-44-45-50)26-30(29-10-14-32(41)15-11-29)18-21-47-19-5-20-48(23-22-47)39-43-35-6-3-4-7-36(35)49(39)25-28-8-12-31(40)13-9-28/h3-4,6-17,24,27,30H,5,18-23,25-26H2,1-2H3. The van der Waals surface area contributed by atoms with Crippen LogP contribution >= 0.6 is 0 Å². The molecule has 52 heavy (non-hydrogen) atoms. The van der Waals surface area contributed by atoms with Gasteiger partial charge in [0.2, 0.25) is 5.95 Å². The zero-order valence-electron chi connectivity index (χ0n) is 29.3. The van der Waals surface area contributed by atoms with E-state index in [0.717, 1.165) is 73.7 Å². The Morgan fingerprint density at radius 3 is 2.44 bits per heavy atom. The van der Waals surface area contributed by atoms with Gasteiger partial charge in [-0.15, -0.1) is 5.10 Å². The first-order chi connectivity index (χ1) is 25.4. The van der Waals surface area contributed by atoms with Crippen LogP contribution in [0.1, 0.15) is 40.2 Å². The van der Waals surface area contributed by atoms with Crippen LogP contribution in [0, 0.1) is 11.6 Å². The van der Waals surface area contributed by atoms with E-state index in [4.69, 9.17) is 9.72 Å². The van der Waals surface area contributed by atoms with Crippen LogP contribution in [0.15, 0.2) is 97.3 Å². The molecule has 0 spiro atoms. The Balaban J connectivity index is 1.05. The zero-order chi connectivity index (χ0) is 36.0. The monoisotopic (exact) mass is 705 g/mol. The van der Waals surface area contributed by atoms with E-state index >= 15 is 0 Å². The summed E-state index contributed by atoms with van der Waals surface area (Å²) < 4.78 is 36.9. The smallest absolute Gasteiger partial charge is 0.257 e. The van der Waals surface area contributed by atoms with Crippen LogP contribution in [-0.4, -0.2) is 98.9 Å². The van der Waals surface area contributed by atoms with Crippen molar-refractivity contribution >= 4 is 22.9 Å². The summed E-state index contributed by atoms with van der Waals surface area (Å²) in [6, 6.07) is 26.6. The maximum Gasteiger partial charge on any atom is 0.257 e. The van der Waals surface area contributed by atoms with Gasteiger partial charge in [0.05, 0.1) is 35.9 Å². The Hall–Kier alpha value is -5.69. The van der Waals surface area contributed by atoms with Crippen LogP contribution in [0.5, 0.6) is 5.75 Å². The second-order valence-corrected chi connectivity index (χ2v) is 13.2. The summed E-state index contributed by atoms with van der Waals surface area (Å²) in [5.74, 6) is 0.576. The highest BCUT2D eigenvalue weighted by Crippen LogP contribution is 2.28. The van der Waals surface area contributed by atoms with E-state index in [1.165, 1.54) is 42.4 Å². The number of methoxy groups -OCH3 is 1. The summed E-state index contributed by atoms with van der Waals surface area (Å²) in [7, 11) is 3.32. The second-order valence-electron chi connectivity index (χ2n) is 13.2. The Morgan fingerprint density at radius 2 is 1.69 bits per heavy atom. The molecular weight excluding hydrogens is 664 g/mol. The highest BCUT2D eigenvalue weighted by Gasteiger charge is 2.25. The highest BCUT2D eigenvalue weighted by atomic mass is 19.1. The molecule has 1 fully saturated rings. The predicted molar refractivity (Wildman–Crippen MR) is 195 cm³/mol. The van der Waals surface area contributed by atoms with E-state index in [-0.39, 0.29) is 23.5 Å². The Labute approximate surface area is 301 Å². The van der Waals surface area contributed by atoms with Crippen molar-refractivity contribution in [1.82, 2.24) is 39.6 Å². The third-order valence-electron chi connectivity index (χ3n) is 9.76. The minimum absolute atomic E-state index is 0.0393. The Kier molecular flexibility index (Phi) is 10.5. The summed E-state index contributed by atoms with van der Waals surface area (Å²) in [6.07, 6.45) is 3.20. The number of aromatic nitrogens is 6. The number of para-hydroxylation sites is 2. The van der Waals surface area contributed by atoms with Crippen molar-refractivity contribution in [2.45, 2.75) is 25.3 Å². The van der Waals surface area contributed by atoms with Crippen molar-refractivity contribution in [1.29, 1.82) is 0 Å². The number of hydrogen-bond donors (Lipinski definition) is 0. The first kappa shape index (κ1) is 34.7. The molecule has 7 rings (SSSR count). The molecule has 2 aromatic heterocycles. The maximum atomic E-state index is 14.0. The van der Waals surface area contributed by atoms with Gasteiger partial charge in [0.15, 0.2) is 0 Å². The first-order valence-electron chi connectivity index (χ1n) is 17.5. The molecule has 0 radical (unpaired) electrons. The molecule has 1 saturated heterocycles. The number of tetrazole rings is 1. The average Bonchev–Trinajstić information content (AvgIpc) is 3.77. The largest absolute Gasteiger partial charge is 0.496 e. The van der Waals surface area contributed by atoms with Crippen LogP contribution in [-0.2, 0) is 6.54 Å². The van der Waals surface area contributed by atoms with Gasteiger partial charge in [0.25, 0.3) is 5.91 Å². The molecule has 268 valence electrons. The lowest BCUT2D eigenvalue weighted by atomic mass is 9.94. The fourth-order valence-electron chi connectivity index (χ4n) is 6.97. The first-order valence-corrected chi connectivity index (χ1v) is 17.5. The molecule has 6 aromatic rings. The summed E-state index contributed by atoms with van der Waals surface area (Å²) in [4.78, 5) is 25.5. The van der Waals surface area contributed by atoms with E-state index < -0.39 is 0 Å². The number of nitrogens with zero attached hydrogens (tertiary/aromatic N) is 9. The lowest BCUT2D eigenvalue weighted by Crippen LogP contribution is -2.35. The summed E-state index contributed by atoms with van der Waals surface area (Å²) in [6.45, 7) is 5.23. The van der Waals surface area contributed by atoms with Gasteiger partial charge in [-0.25, -0.2) is 18.4 Å². The molecule has 1 aliphatic rings. The number of imidazole rings is 1. The number of ether oxygens (including phenoxy) is 1. The Morgan fingerprint density at radius 1 is 0.923 bits per heavy atom. The molecule has 0 aliphatic carbocycles. The molecule has 11 nitrogen and oxygen atoms in total. The van der Waals surface area contributed by atoms with Gasteiger partial charge in [-0.1, -0.05) is 36.4 Å². The number of carbonyl (C=O) groups is 1. The maximum absolute atomic E-state index is 14.0. The third kappa shape index (κ3) is 7.79. The van der Waals surface area contributed by atoms with E-state index in [9.17, 15) is 13.6 Å². The van der Waals surface area contributed by atoms with Crippen LogP contribution < -0.4 is 9.64 Å². The van der Waals surface area contributed by atoms with Crippen molar-refractivity contribution in [3.8, 4) is 11.4 Å². The number of rotatable bonds is 12. The third-order valence-corrected chi connectivity index (χ3v) is 9.76. The van der Waals surface area contributed by atoms with Crippen LogP contribution in [0.3, 0.4) is 0 Å². The van der Waals surface area contributed by atoms with Crippen molar-refractivity contribution in [3.63, 3.8) is 0 Å². The number of likely N-dealkylation sites (N-methyl/N-ethyl adjacent to an activating group) is 1. The minimum atomic E-state index is -0.297. The molecule has 1 atom stereocenters. The number of halogens is 2. The highest BCUT2D eigenvalue weighted by molar-refractivity contribution is 5.97. The van der Waals surface area contributed by atoms with Gasteiger partial charge in [-0.05, 0) is 102 Å². The van der Waals surface area contributed by atoms with Gasteiger partial charge in [0.1, 0.15) is 23.7 Å². The molecule has 1 unspecified atom stereocenters. The van der Waals surface area contributed by atoms with E-state index in [1.807, 2.05) is 42.5 Å². The molecule has 0 bridgehead atoms. The van der Waals surface area contributed by atoms with Crippen molar-refractivity contribution in [3.05, 3.63) is 126 Å². The van der Waals surface area contributed by atoms with Gasteiger partial charge < -0.3 is 24.0 Å². The average molecular weight is 706 g/mol. The number of anilines is 1. The Bertz CT molecular complexity index is 2100. The van der Waals surface area contributed by atoms with Crippen LogP contribution in [0.2, 0.25) is 0 Å². The molecule has 13 heteroatoms. The van der Waals surface area contributed by atoms with Gasteiger partial charge in [-0.2, -0.15) is 0 Å². The predicted octanol–water partition coefficient (Wildman–Crippen LogP) is 5.81.